The maximum atomic E-state index is 6.29. The van der Waals surface area contributed by atoms with Gasteiger partial charge in [-0.1, -0.05) is 37.9 Å². The number of halogens is 3. The van der Waals surface area contributed by atoms with Crippen molar-refractivity contribution in [3.63, 3.8) is 0 Å². The standard InChI is InChI=1S/C12H10Br3NS/c1-6-4-10(17-12(6)15)11(16)8-3-2-7(13)5-9(8)14/h2-5,11H,16H2,1H3. The van der Waals surface area contributed by atoms with Crippen molar-refractivity contribution in [3.05, 3.63) is 53.0 Å². The molecule has 2 aromatic rings. The maximum Gasteiger partial charge on any atom is 0.0731 e. The van der Waals surface area contributed by atoms with Crippen LogP contribution in [0.4, 0.5) is 0 Å². The first kappa shape index (κ1) is 13.7. The lowest BCUT2D eigenvalue weighted by atomic mass is 10.1. The first-order chi connectivity index (χ1) is 7.99. The lowest BCUT2D eigenvalue weighted by molar-refractivity contribution is 0.886. The second-order valence-electron chi connectivity index (χ2n) is 3.75. The lowest BCUT2D eigenvalue weighted by Crippen LogP contribution is -2.10. The first-order valence-corrected chi connectivity index (χ1v) is 8.15. The van der Waals surface area contributed by atoms with Crippen molar-refractivity contribution in [1.29, 1.82) is 0 Å². The molecule has 0 spiro atoms. The first-order valence-electron chi connectivity index (χ1n) is 4.95. The molecule has 1 heterocycles. The quantitative estimate of drug-likeness (QED) is 0.666. The van der Waals surface area contributed by atoms with E-state index >= 15 is 0 Å². The molecule has 90 valence electrons. The van der Waals surface area contributed by atoms with Crippen molar-refractivity contribution in [2.45, 2.75) is 13.0 Å². The number of aryl methyl sites for hydroxylation is 1. The molecule has 1 aromatic heterocycles. The molecule has 0 aliphatic carbocycles. The molecule has 1 unspecified atom stereocenters. The topological polar surface area (TPSA) is 26.0 Å². The number of hydrogen-bond donors (Lipinski definition) is 1. The Morgan fingerprint density at radius 3 is 2.41 bits per heavy atom. The van der Waals surface area contributed by atoms with Gasteiger partial charge in [-0.2, -0.15) is 0 Å². The Morgan fingerprint density at radius 1 is 1.18 bits per heavy atom. The van der Waals surface area contributed by atoms with Gasteiger partial charge in [-0.15, -0.1) is 11.3 Å². The molecular weight excluding hydrogens is 430 g/mol. The molecule has 0 bridgehead atoms. The number of thiophene rings is 1. The summed E-state index contributed by atoms with van der Waals surface area (Å²) < 4.78 is 3.22. The smallest absolute Gasteiger partial charge is 0.0731 e. The van der Waals surface area contributed by atoms with Gasteiger partial charge in [0.05, 0.1) is 9.83 Å². The largest absolute Gasteiger partial charge is 0.320 e. The maximum absolute atomic E-state index is 6.29. The number of rotatable bonds is 2. The van der Waals surface area contributed by atoms with Crippen LogP contribution < -0.4 is 5.73 Å². The van der Waals surface area contributed by atoms with Gasteiger partial charge in [0.25, 0.3) is 0 Å². The van der Waals surface area contributed by atoms with Crippen molar-refractivity contribution in [1.82, 2.24) is 0 Å². The van der Waals surface area contributed by atoms with Gasteiger partial charge >= 0.3 is 0 Å². The fourth-order valence-electron chi connectivity index (χ4n) is 1.54. The number of hydrogen-bond acceptors (Lipinski definition) is 2. The van der Waals surface area contributed by atoms with Gasteiger partial charge < -0.3 is 5.73 Å². The van der Waals surface area contributed by atoms with Crippen molar-refractivity contribution in [3.8, 4) is 0 Å². The summed E-state index contributed by atoms with van der Waals surface area (Å²) in [6, 6.07) is 8.11. The third kappa shape index (κ3) is 3.01. The minimum absolute atomic E-state index is 0.0903. The Bertz CT molecular complexity index is 531. The minimum atomic E-state index is -0.0903. The van der Waals surface area contributed by atoms with Crippen LogP contribution in [0.25, 0.3) is 0 Å². The molecule has 1 aromatic carbocycles. The fourth-order valence-corrected chi connectivity index (χ4v) is 4.43. The SMILES string of the molecule is Cc1cc(C(N)c2ccc(Br)cc2Br)sc1Br. The highest BCUT2D eigenvalue weighted by Gasteiger charge is 2.15. The van der Waals surface area contributed by atoms with Crippen LogP contribution in [0.5, 0.6) is 0 Å². The zero-order chi connectivity index (χ0) is 12.6. The summed E-state index contributed by atoms with van der Waals surface area (Å²) in [5.41, 5.74) is 8.62. The average molecular weight is 440 g/mol. The summed E-state index contributed by atoms with van der Waals surface area (Å²) in [7, 11) is 0. The fraction of sp³-hybridized carbons (Fsp3) is 0.167. The predicted molar refractivity (Wildman–Crippen MR) is 84.6 cm³/mol. The van der Waals surface area contributed by atoms with E-state index in [2.05, 4.69) is 60.8 Å². The molecule has 0 aliphatic rings. The Hall–Kier alpha value is 0.320. The van der Waals surface area contributed by atoms with Gasteiger partial charge in [0.15, 0.2) is 0 Å². The van der Waals surface area contributed by atoms with E-state index < -0.39 is 0 Å². The molecule has 2 rings (SSSR count). The van der Waals surface area contributed by atoms with Crippen LogP contribution in [0, 0.1) is 6.92 Å². The van der Waals surface area contributed by atoms with E-state index in [9.17, 15) is 0 Å². The predicted octanol–water partition coefficient (Wildman–Crippen LogP) is 5.39. The van der Waals surface area contributed by atoms with Gasteiger partial charge in [0.2, 0.25) is 0 Å². The summed E-state index contributed by atoms with van der Waals surface area (Å²) in [4.78, 5) is 1.16. The van der Waals surface area contributed by atoms with Crippen LogP contribution in [0.1, 0.15) is 22.0 Å². The van der Waals surface area contributed by atoms with Crippen molar-refractivity contribution < 1.29 is 0 Å². The molecule has 0 saturated carbocycles. The van der Waals surface area contributed by atoms with E-state index in [1.807, 2.05) is 18.2 Å². The highest BCUT2D eigenvalue weighted by molar-refractivity contribution is 9.11. The highest BCUT2D eigenvalue weighted by atomic mass is 79.9. The van der Waals surface area contributed by atoms with Gasteiger partial charge in [-0.25, -0.2) is 0 Å². The number of nitrogens with two attached hydrogens (primary N) is 1. The Labute approximate surface area is 130 Å². The molecule has 0 fully saturated rings. The second kappa shape index (κ2) is 5.53. The van der Waals surface area contributed by atoms with E-state index in [1.54, 1.807) is 11.3 Å². The van der Waals surface area contributed by atoms with E-state index in [0.717, 1.165) is 23.2 Å². The molecule has 1 nitrogen and oxygen atoms in total. The average Bonchev–Trinajstić information content (AvgIpc) is 2.58. The summed E-state index contributed by atoms with van der Waals surface area (Å²) in [5, 5.41) is 0. The third-order valence-corrected chi connectivity index (χ3v) is 5.88. The third-order valence-electron chi connectivity index (χ3n) is 2.48. The van der Waals surface area contributed by atoms with Crippen molar-refractivity contribution in [2.24, 2.45) is 5.73 Å². The molecule has 0 amide bonds. The van der Waals surface area contributed by atoms with Crippen molar-refractivity contribution in [2.75, 3.05) is 0 Å². The molecule has 0 radical (unpaired) electrons. The molecule has 1 atom stereocenters. The van der Waals surface area contributed by atoms with Crippen LogP contribution in [-0.4, -0.2) is 0 Å². The van der Waals surface area contributed by atoms with E-state index in [0.29, 0.717) is 0 Å². The number of benzene rings is 1. The highest BCUT2D eigenvalue weighted by Crippen LogP contribution is 2.36. The molecule has 5 heteroatoms. The molecule has 0 saturated heterocycles. The molecule has 17 heavy (non-hydrogen) atoms. The molecule has 2 N–H and O–H groups in total. The molecule has 0 aliphatic heterocycles. The van der Waals surface area contributed by atoms with Gasteiger partial charge in [0.1, 0.15) is 0 Å². The minimum Gasteiger partial charge on any atom is -0.320 e. The van der Waals surface area contributed by atoms with Crippen molar-refractivity contribution >= 4 is 59.1 Å². The van der Waals surface area contributed by atoms with Crippen LogP contribution in [0.15, 0.2) is 37.0 Å². The Balaban J connectivity index is 2.39. The van der Waals surface area contributed by atoms with Crippen LogP contribution >= 0.6 is 59.1 Å². The Morgan fingerprint density at radius 2 is 1.88 bits per heavy atom. The van der Waals surface area contributed by atoms with E-state index in [4.69, 9.17) is 5.73 Å². The second-order valence-corrected chi connectivity index (χ2v) is 7.92. The zero-order valence-electron chi connectivity index (χ0n) is 9.01. The summed E-state index contributed by atoms with van der Waals surface area (Å²) in [5.74, 6) is 0. The Kier molecular flexibility index (Phi) is 4.47. The monoisotopic (exact) mass is 437 g/mol. The van der Waals surface area contributed by atoms with Crippen LogP contribution in [0.3, 0.4) is 0 Å². The summed E-state index contributed by atoms with van der Waals surface area (Å²) in [6.07, 6.45) is 0. The van der Waals surface area contributed by atoms with Gasteiger partial charge in [-0.05, 0) is 52.2 Å². The summed E-state index contributed by atoms with van der Waals surface area (Å²) >= 11 is 12.2. The lowest BCUT2D eigenvalue weighted by Gasteiger charge is -2.12. The van der Waals surface area contributed by atoms with E-state index in [1.165, 1.54) is 5.56 Å². The van der Waals surface area contributed by atoms with Crippen LogP contribution in [-0.2, 0) is 0 Å². The van der Waals surface area contributed by atoms with E-state index in [-0.39, 0.29) is 6.04 Å². The van der Waals surface area contributed by atoms with Gasteiger partial charge in [-0.3, -0.25) is 0 Å². The zero-order valence-corrected chi connectivity index (χ0v) is 14.6. The molecular formula is C12H10Br3NS. The van der Waals surface area contributed by atoms with Crippen LogP contribution in [0.2, 0.25) is 0 Å². The normalized spacial score (nSPS) is 12.8. The van der Waals surface area contributed by atoms with Gasteiger partial charge in [0, 0.05) is 13.8 Å². The summed E-state index contributed by atoms with van der Waals surface area (Å²) in [6.45, 7) is 2.08.